The molecule has 1 nitrogen and oxygen atoms in total. The van der Waals surface area contributed by atoms with Crippen LogP contribution in [-0.4, -0.2) is 22.0 Å². The van der Waals surface area contributed by atoms with E-state index in [0.717, 1.165) is 0 Å². The lowest BCUT2D eigenvalue weighted by molar-refractivity contribution is 0.195. The molecule has 14 heavy (non-hydrogen) atoms. The number of rotatable bonds is 1. The lowest BCUT2D eigenvalue weighted by Gasteiger charge is -2.37. The Morgan fingerprint density at radius 2 is 1.64 bits per heavy atom. The molecule has 0 aliphatic carbocycles. The molecular weight excluding hydrogens is 285 g/mol. The van der Waals surface area contributed by atoms with E-state index in [0.29, 0.717) is 3.55 Å². The summed E-state index contributed by atoms with van der Waals surface area (Å²) in [4.78, 5) is 2.58. The summed E-state index contributed by atoms with van der Waals surface area (Å²) in [6.07, 6.45) is 11.3. The van der Waals surface area contributed by atoms with Gasteiger partial charge in [0.1, 0.15) is 0 Å². The molecule has 1 heterocycles. The van der Waals surface area contributed by atoms with E-state index >= 15 is 0 Å². The number of hydrogen-bond acceptors (Lipinski definition) is 1. The highest BCUT2D eigenvalue weighted by Gasteiger charge is 2.28. The molecule has 0 unspecified atom stereocenters. The monoisotopic (exact) mass is 309 g/mol. The molecule has 0 bridgehead atoms. The second kappa shape index (κ2) is 6.31. The van der Waals surface area contributed by atoms with Crippen LogP contribution >= 0.6 is 22.6 Å². The Hall–Kier alpha value is 0.690. The van der Waals surface area contributed by atoms with Crippen molar-refractivity contribution in [1.29, 1.82) is 0 Å². The Morgan fingerprint density at radius 1 is 1.07 bits per heavy atom. The summed E-state index contributed by atoms with van der Waals surface area (Å²) in [5.74, 6) is 0. The van der Waals surface area contributed by atoms with Gasteiger partial charge in [0, 0.05) is 0 Å². The maximum atomic E-state index is 2.68. The molecule has 1 saturated heterocycles. The average molecular weight is 309 g/mol. The van der Waals surface area contributed by atoms with E-state index in [2.05, 4.69) is 41.5 Å². The van der Waals surface area contributed by atoms with Crippen LogP contribution < -0.4 is 0 Å². The zero-order valence-corrected chi connectivity index (χ0v) is 11.8. The number of hydrogen-bond donors (Lipinski definition) is 0. The summed E-state index contributed by atoms with van der Waals surface area (Å²) in [6.45, 7) is 3.62. The van der Waals surface area contributed by atoms with Crippen molar-refractivity contribution >= 4 is 22.6 Å². The Kier molecular flexibility index (Phi) is 5.75. The molecule has 1 rings (SSSR count). The highest BCUT2D eigenvalue weighted by molar-refractivity contribution is 14.1. The first-order valence-corrected chi connectivity index (χ1v) is 7.17. The number of halogens is 1. The van der Waals surface area contributed by atoms with Crippen LogP contribution in [0.1, 0.15) is 58.3 Å². The zero-order valence-electron chi connectivity index (χ0n) is 9.69. The van der Waals surface area contributed by atoms with Crippen molar-refractivity contribution in [1.82, 2.24) is 4.90 Å². The molecule has 1 fully saturated rings. The smallest absolute Gasteiger partial charge is 0.0725 e. The van der Waals surface area contributed by atoms with Crippen LogP contribution in [0.15, 0.2) is 0 Å². The topological polar surface area (TPSA) is 3.24 Å². The summed E-state index contributed by atoms with van der Waals surface area (Å²) in [5.41, 5.74) is 0. The van der Waals surface area contributed by atoms with Crippen LogP contribution in [0.5, 0.6) is 0 Å². The Balaban J connectivity index is 2.51. The molecule has 0 amide bonds. The first-order chi connectivity index (χ1) is 6.69. The van der Waals surface area contributed by atoms with E-state index in [1.54, 1.807) is 0 Å². The molecule has 2 heteroatoms. The minimum atomic E-state index is 0.440. The molecule has 0 spiro atoms. The summed E-state index contributed by atoms with van der Waals surface area (Å²) < 4.78 is 0.440. The third-order valence-corrected chi connectivity index (χ3v) is 5.65. The van der Waals surface area contributed by atoms with Crippen LogP contribution in [-0.2, 0) is 0 Å². The summed E-state index contributed by atoms with van der Waals surface area (Å²) in [7, 11) is 2.30. The van der Waals surface area contributed by atoms with E-state index in [9.17, 15) is 0 Å². The van der Waals surface area contributed by atoms with Gasteiger partial charge in [-0.05, 0) is 32.9 Å². The summed E-state index contributed by atoms with van der Waals surface area (Å²) >= 11 is 2.68. The van der Waals surface area contributed by atoms with E-state index in [1.807, 2.05) is 0 Å². The van der Waals surface area contributed by atoms with Gasteiger partial charge in [-0.3, -0.25) is 4.90 Å². The standard InChI is InChI=1S/C12H24IN/c1-3-12(13)10-8-6-4-5-7-9-11-14(12)2/h3-11H2,1-2H3/t12-/m1/s1. The maximum Gasteiger partial charge on any atom is 0.0725 e. The molecular formula is C12H24IN. The second-order valence-corrected chi connectivity index (χ2v) is 6.57. The van der Waals surface area contributed by atoms with Crippen molar-refractivity contribution < 1.29 is 0 Å². The fraction of sp³-hybridized carbons (Fsp3) is 1.00. The molecule has 1 atom stereocenters. The van der Waals surface area contributed by atoms with Crippen molar-refractivity contribution in [3.63, 3.8) is 0 Å². The first-order valence-electron chi connectivity index (χ1n) is 6.09. The highest BCUT2D eigenvalue weighted by atomic mass is 127. The molecule has 0 aromatic carbocycles. The Morgan fingerprint density at radius 3 is 2.29 bits per heavy atom. The summed E-state index contributed by atoms with van der Waals surface area (Å²) in [6, 6.07) is 0. The van der Waals surface area contributed by atoms with Crippen molar-refractivity contribution in [3.05, 3.63) is 0 Å². The van der Waals surface area contributed by atoms with Crippen molar-refractivity contribution in [2.24, 2.45) is 0 Å². The SMILES string of the molecule is CC[C@]1(I)CCCCCCCCN1C. The minimum absolute atomic E-state index is 0.440. The normalized spacial score (nSPS) is 32.8. The fourth-order valence-corrected chi connectivity index (χ4v) is 2.91. The molecule has 0 N–H and O–H groups in total. The Bertz CT molecular complexity index is 160. The molecule has 0 saturated carbocycles. The van der Waals surface area contributed by atoms with E-state index in [1.165, 1.54) is 57.9 Å². The van der Waals surface area contributed by atoms with Crippen LogP contribution in [0.4, 0.5) is 0 Å². The van der Waals surface area contributed by atoms with Gasteiger partial charge in [0.25, 0.3) is 0 Å². The van der Waals surface area contributed by atoms with Gasteiger partial charge in [0.05, 0.1) is 3.55 Å². The van der Waals surface area contributed by atoms with Gasteiger partial charge in [-0.25, -0.2) is 0 Å². The molecule has 84 valence electrons. The minimum Gasteiger partial charge on any atom is -0.292 e. The fourth-order valence-electron chi connectivity index (χ4n) is 2.29. The predicted octanol–water partition coefficient (Wildman–Crippen LogP) is 4.20. The van der Waals surface area contributed by atoms with Crippen molar-refractivity contribution in [2.75, 3.05) is 13.6 Å². The maximum absolute atomic E-state index is 2.68. The predicted molar refractivity (Wildman–Crippen MR) is 72.0 cm³/mol. The van der Waals surface area contributed by atoms with Gasteiger partial charge in [0.15, 0.2) is 0 Å². The second-order valence-electron chi connectivity index (χ2n) is 4.56. The van der Waals surface area contributed by atoms with Gasteiger partial charge in [-0.2, -0.15) is 0 Å². The van der Waals surface area contributed by atoms with Gasteiger partial charge in [-0.15, -0.1) is 0 Å². The van der Waals surface area contributed by atoms with Crippen LogP contribution in [0, 0.1) is 0 Å². The van der Waals surface area contributed by atoms with E-state index in [4.69, 9.17) is 0 Å². The lowest BCUT2D eigenvalue weighted by atomic mass is 10.0. The molecule has 0 radical (unpaired) electrons. The van der Waals surface area contributed by atoms with Gasteiger partial charge >= 0.3 is 0 Å². The molecule has 0 aromatic rings. The Labute approximate surface area is 103 Å². The molecule has 1 aliphatic rings. The molecule has 1 aliphatic heterocycles. The zero-order chi connectivity index (χ0) is 10.4. The molecule has 0 aromatic heterocycles. The number of alkyl halides is 1. The van der Waals surface area contributed by atoms with E-state index < -0.39 is 0 Å². The first kappa shape index (κ1) is 12.8. The quantitative estimate of drug-likeness (QED) is 0.398. The third-order valence-electron chi connectivity index (χ3n) is 3.53. The van der Waals surface area contributed by atoms with Gasteiger partial charge < -0.3 is 0 Å². The van der Waals surface area contributed by atoms with Crippen molar-refractivity contribution in [2.45, 2.75) is 61.8 Å². The average Bonchev–Trinajstić information content (AvgIpc) is 2.20. The van der Waals surface area contributed by atoms with Crippen LogP contribution in [0.3, 0.4) is 0 Å². The summed E-state index contributed by atoms with van der Waals surface area (Å²) in [5, 5.41) is 0. The largest absolute Gasteiger partial charge is 0.292 e. The lowest BCUT2D eigenvalue weighted by Crippen LogP contribution is -2.41. The van der Waals surface area contributed by atoms with E-state index in [-0.39, 0.29) is 0 Å². The third kappa shape index (κ3) is 3.69. The number of nitrogens with zero attached hydrogens (tertiary/aromatic N) is 1. The van der Waals surface area contributed by atoms with Gasteiger partial charge in [0.2, 0.25) is 0 Å². The van der Waals surface area contributed by atoms with Crippen molar-refractivity contribution in [3.8, 4) is 0 Å². The van der Waals surface area contributed by atoms with Gasteiger partial charge in [-0.1, -0.05) is 61.6 Å². The van der Waals surface area contributed by atoms with Crippen LogP contribution in [0.25, 0.3) is 0 Å². The van der Waals surface area contributed by atoms with Crippen LogP contribution in [0.2, 0.25) is 0 Å². The highest BCUT2D eigenvalue weighted by Crippen LogP contribution is 2.33.